The average Bonchev–Trinajstić information content (AvgIpc) is 2.84. The fourth-order valence-electron chi connectivity index (χ4n) is 3.61. The van der Waals surface area contributed by atoms with Crippen molar-refractivity contribution >= 4 is 38.1 Å². The summed E-state index contributed by atoms with van der Waals surface area (Å²) in [5, 5.41) is 4.79. The maximum Gasteiger partial charge on any atom is 0.265 e. The minimum Gasteiger partial charge on any atom is -0.480 e. The van der Waals surface area contributed by atoms with E-state index in [1.165, 1.54) is 12.1 Å². The van der Waals surface area contributed by atoms with Gasteiger partial charge in [0.05, 0.1) is 10.6 Å². The molecule has 1 amide bonds. The second-order valence-electron chi connectivity index (χ2n) is 7.93. The van der Waals surface area contributed by atoms with Gasteiger partial charge in [-0.05, 0) is 60.7 Å². The van der Waals surface area contributed by atoms with Crippen LogP contribution in [0, 0.1) is 6.92 Å². The summed E-state index contributed by atoms with van der Waals surface area (Å²) in [5.41, 5.74) is 1.84. The zero-order chi connectivity index (χ0) is 24.1. The van der Waals surface area contributed by atoms with Crippen LogP contribution in [0.15, 0.2) is 95.9 Å². The van der Waals surface area contributed by atoms with E-state index in [4.69, 9.17) is 4.74 Å². The first-order valence-corrected chi connectivity index (χ1v) is 12.5. The summed E-state index contributed by atoms with van der Waals surface area (Å²) in [7, 11) is -3.75. The summed E-state index contributed by atoms with van der Waals surface area (Å²) in [6.07, 6.45) is -0.223. The molecule has 0 spiro atoms. The Labute approximate surface area is 199 Å². The van der Waals surface area contributed by atoms with Crippen LogP contribution in [0.25, 0.3) is 10.8 Å². The number of carbonyl (C=O) groups excluding carboxylic acids is 1. The van der Waals surface area contributed by atoms with Crippen LogP contribution in [-0.2, 0) is 14.8 Å². The van der Waals surface area contributed by atoms with Crippen LogP contribution in [0.5, 0.6) is 5.75 Å². The molecule has 0 aliphatic heterocycles. The van der Waals surface area contributed by atoms with E-state index in [-0.39, 0.29) is 10.8 Å². The van der Waals surface area contributed by atoms with Crippen molar-refractivity contribution in [1.29, 1.82) is 0 Å². The Morgan fingerprint density at radius 1 is 0.882 bits per heavy atom. The van der Waals surface area contributed by atoms with E-state index in [2.05, 4.69) is 10.0 Å². The third kappa shape index (κ3) is 5.21. The molecule has 4 aromatic rings. The van der Waals surface area contributed by atoms with Crippen molar-refractivity contribution in [1.82, 2.24) is 0 Å². The van der Waals surface area contributed by atoms with E-state index in [0.29, 0.717) is 23.5 Å². The number of amides is 1. The van der Waals surface area contributed by atoms with Gasteiger partial charge >= 0.3 is 0 Å². The summed E-state index contributed by atoms with van der Waals surface area (Å²) >= 11 is 0. The van der Waals surface area contributed by atoms with Gasteiger partial charge in [0.15, 0.2) is 6.10 Å². The van der Waals surface area contributed by atoms with Crippen molar-refractivity contribution in [2.24, 2.45) is 0 Å². The molecule has 0 radical (unpaired) electrons. The lowest BCUT2D eigenvalue weighted by atomic mass is 10.1. The summed E-state index contributed by atoms with van der Waals surface area (Å²) in [5.74, 6) is 0.341. The van der Waals surface area contributed by atoms with Crippen molar-refractivity contribution in [2.75, 3.05) is 10.0 Å². The predicted molar refractivity (Wildman–Crippen MR) is 136 cm³/mol. The van der Waals surface area contributed by atoms with Crippen LogP contribution in [0.1, 0.15) is 18.9 Å². The number of para-hydroxylation sites is 1. The number of carbonyl (C=O) groups is 1. The van der Waals surface area contributed by atoms with E-state index in [1.54, 1.807) is 24.3 Å². The van der Waals surface area contributed by atoms with Crippen LogP contribution >= 0.6 is 0 Å². The normalized spacial score (nSPS) is 12.2. The predicted octanol–water partition coefficient (Wildman–Crippen LogP) is 5.75. The zero-order valence-corrected chi connectivity index (χ0v) is 19.8. The number of ether oxygens (including phenoxy) is 1. The van der Waals surface area contributed by atoms with Crippen LogP contribution in [0.3, 0.4) is 0 Å². The SMILES string of the molecule is CC[C@@H](Oc1cccc2ccccc12)C(=O)Nc1ccc(S(=O)(=O)Nc2ccccc2C)cc1. The van der Waals surface area contributed by atoms with Gasteiger partial charge in [-0.1, -0.05) is 61.5 Å². The molecular formula is C27H26N2O4S. The van der Waals surface area contributed by atoms with Gasteiger partial charge in [0, 0.05) is 11.1 Å². The maximum atomic E-state index is 12.9. The van der Waals surface area contributed by atoms with E-state index in [0.717, 1.165) is 16.3 Å². The molecule has 4 rings (SSSR count). The topological polar surface area (TPSA) is 84.5 Å². The highest BCUT2D eigenvalue weighted by Crippen LogP contribution is 2.27. The van der Waals surface area contributed by atoms with Gasteiger partial charge in [-0.15, -0.1) is 0 Å². The van der Waals surface area contributed by atoms with Crippen LogP contribution in [-0.4, -0.2) is 20.4 Å². The maximum absolute atomic E-state index is 12.9. The smallest absolute Gasteiger partial charge is 0.265 e. The van der Waals surface area contributed by atoms with Gasteiger partial charge < -0.3 is 10.1 Å². The lowest BCUT2D eigenvalue weighted by Crippen LogP contribution is -2.32. The number of sulfonamides is 1. The second-order valence-corrected chi connectivity index (χ2v) is 9.61. The van der Waals surface area contributed by atoms with E-state index < -0.39 is 16.1 Å². The number of hydrogen-bond acceptors (Lipinski definition) is 4. The third-order valence-electron chi connectivity index (χ3n) is 5.50. The van der Waals surface area contributed by atoms with Crippen LogP contribution in [0.2, 0.25) is 0 Å². The van der Waals surface area contributed by atoms with Crippen molar-refractivity contribution in [3.63, 3.8) is 0 Å². The molecule has 0 heterocycles. The number of anilines is 2. The largest absolute Gasteiger partial charge is 0.480 e. The molecule has 0 saturated heterocycles. The standard InChI is InChI=1S/C27H26N2O4S/c1-3-25(33-26-14-8-11-20-10-5-6-12-23(20)26)27(30)28-21-15-17-22(18-16-21)34(31,32)29-24-13-7-4-9-19(24)2/h4-18,25,29H,3H2,1-2H3,(H,28,30)/t25-/m1/s1. The monoisotopic (exact) mass is 474 g/mol. The van der Waals surface area contributed by atoms with Gasteiger partial charge in [0.25, 0.3) is 15.9 Å². The van der Waals surface area contributed by atoms with Crippen LogP contribution < -0.4 is 14.8 Å². The first-order valence-electron chi connectivity index (χ1n) is 11.0. The van der Waals surface area contributed by atoms with Gasteiger partial charge in [-0.3, -0.25) is 9.52 Å². The number of hydrogen-bond donors (Lipinski definition) is 2. The quantitative estimate of drug-likeness (QED) is 0.341. The van der Waals surface area contributed by atoms with Crippen LogP contribution in [0.4, 0.5) is 11.4 Å². The van der Waals surface area contributed by atoms with Crippen molar-refractivity contribution in [3.05, 3.63) is 96.6 Å². The molecule has 0 unspecified atom stereocenters. The fourth-order valence-corrected chi connectivity index (χ4v) is 4.74. The average molecular weight is 475 g/mol. The highest BCUT2D eigenvalue weighted by molar-refractivity contribution is 7.92. The molecule has 174 valence electrons. The number of rotatable bonds is 8. The molecule has 0 aliphatic carbocycles. The summed E-state index contributed by atoms with van der Waals surface area (Å²) < 4.78 is 34.1. The molecule has 0 aromatic heterocycles. The Bertz CT molecular complexity index is 1410. The Hall–Kier alpha value is -3.84. The zero-order valence-electron chi connectivity index (χ0n) is 19.0. The summed E-state index contributed by atoms with van der Waals surface area (Å²) in [6, 6.07) is 26.8. The number of aryl methyl sites for hydroxylation is 1. The molecule has 1 atom stereocenters. The molecule has 0 aliphatic rings. The minimum absolute atomic E-state index is 0.104. The Balaban J connectivity index is 1.45. The first kappa shape index (κ1) is 23.3. The molecule has 0 fully saturated rings. The highest BCUT2D eigenvalue weighted by Gasteiger charge is 2.20. The van der Waals surface area contributed by atoms with Gasteiger partial charge in [-0.25, -0.2) is 8.42 Å². The van der Waals surface area contributed by atoms with Crippen molar-refractivity contribution in [3.8, 4) is 5.75 Å². The number of nitrogens with one attached hydrogen (secondary N) is 2. The Kier molecular flexibility index (Phi) is 6.84. The number of benzene rings is 4. The van der Waals surface area contributed by atoms with Gasteiger partial charge in [0.2, 0.25) is 0 Å². The molecule has 2 N–H and O–H groups in total. The first-order chi connectivity index (χ1) is 16.4. The summed E-state index contributed by atoms with van der Waals surface area (Å²) in [6.45, 7) is 3.71. The molecule has 4 aromatic carbocycles. The van der Waals surface area contributed by atoms with Crippen molar-refractivity contribution in [2.45, 2.75) is 31.3 Å². The highest BCUT2D eigenvalue weighted by atomic mass is 32.2. The van der Waals surface area contributed by atoms with E-state index >= 15 is 0 Å². The minimum atomic E-state index is -3.75. The molecule has 0 bridgehead atoms. The lowest BCUT2D eigenvalue weighted by molar-refractivity contribution is -0.122. The number of fused-ring (bicyclic) bond motifs is 1. The van der Waals surface area contributed by atoms with E-state index in [9.17, 15) is 13.2 Å². The fraction of sp³-hybridized carbons (Fsp3) is 0.148. The van der Waals surface area contributed by atoms with E-state index in [1.807, 2.05) is 68.4 Å². The lowest BCUT2D eigenvalue weighted by Gasteiger charge is -2.18. The molecule has 0 saturated carbocycles. The van der Waals surface area contributed by atoms with Gasteiger partial charge in [0.1, 0.15) is 5.75 Å². The molecule has 7 heteroatoms. The molecular weight excluding hydrogens is 448 g/mol. The summed E-state index contributed by atoms with van der Waals surface area (Å²) in [4.78, 5) is 13.0. The molecule has 6 nitrogen and oxygen atoms in total. The third-order valence-corrected chi connectivity index (χ3v) is 6.89. The van der Waals surface area contributed by atoms with Crippen molar-refractivity contribution < 1.29 is 17.9 Å². The molecule has 34 heavy (non-hydrogen) atoms. The Morgan fingerprint density at radius 2 is 1.56 bits per heavy atom. The second kappa shape index (κ2) is 9.97. The van der Waals surface area contributed by atoms with Gasteiger partial charge in [-0.2, -0.15) is 0 Å². The Morgan fingerprint density at radius 3 is 2.29 bits per heavy atom.